The van der Waals surface area contributed by atoms with E-state index in [1.807, 2.05) is 0 Å². The Morgan fingerprint density at radius 1 is 1.17 bits per heavy atom. The van der Waals surface area contributed by atoms with Crippen molar-refractivity contribution >= 4 is 51.2 Å². The van der Waals surface area contributed by atoms with Crippen molar-refractivity contribution < 1.29 is 0 Å². The van der Waals surface area contributed by atoms with Crippen molar-refractivity contribution in [2.75, 3.05) is 0 Å². The molecule has 62 valence electrons. The Hall–Kier alpha value is 0.230. The molecule has 0 fully saturated rings. The number of halogens is 1. The van der Waals surface area contributed by atoms with Gasteiger partial charge in [-0.1, -0.05) is 0 Å². The van der Waals surface area contributed by atoms with E-state index in [9.17, 15) is 0 Å². The second kappa shape index (κ2) is 3.54. The van der Waals surface area contributed by atoms with Crippen LogP contribution in [-0.2, 0) is 0 Å². The summed E-state index contributed by atoms with van der Waals surface area (Å²) in [7, 11) is 0. The molecule has 0 atom stereocenters. The van der Waals surface area contributed by atoms with E-state index in [1.165, 1.54) is 10.4 Å². The predicted molar refractivity (Wildman–Crippen MR) is 62.6 cm³/mol. The molecule has 0 amide bonds. The van der Waals surface area contributed by atoms with Gasteiger partial charge in [0.25, 0.3) is 0 Å². The van der Waals surface area contributed by atoms with Crippen LogP contribution in [0.4, 0.5) is 0 Å². The van der Waals surface area contributed by atoms with Crippen molar-refractivity contribution in [3.8, 4) is 10.4 Å². The molecule has 2 rings (SSSR count). The van der Waals surface area contributed by atoms with Crippen LogP contribution in [0.3, 0.4) is 0 Å². The number of rotatable bonds is 1. The van der Waals surface area contributed by atoms with E-state index < -0.39 is 0 Å². The summed E-state index contributed by atoms with van der Waals surface area (Å²) in [6.07, 6.45) is 0. The second-order valence-corrected chi connectivity index (χ2v) is 5.67. The molecule has 0 aliphatic rings. The first-order valence-corrected chi connectivity index (χ1v) is 6.29. The third-order valence-electron chi connectivity index (χ3n) is 1.51. The number of hydrogen-bond donors (Lipinski definition) is 1. The van der Waals surface area contributed by atoms with Crippen LogP contribution < -0.4 is 0 Å². The highest BCUT2D eigenvalue weighted by Crippen LogP contribution is 2.39. The third-order valence-corrected chi connectivity index (χ3v) is 4.65. The van der Waals surface area contributed by atoms with Crippen molar-refractivity contribution in [1.82, 2.24) is 0 Å². The van der Waals surface area contributed by atoms with Crippen molar-refractivity contribution in [3.05, 3.63) is 27.4 Å². The van der Waals surface area contributed by atoms with Crippen LogP contribution in [0.2, 0.25) is 0 Å². The summed E-state index contributed by atoms with van der Waals surface area (Å²) in [6, 6.07) is 4.16. The smallest absolute Gasteiger partial charge is 0.0655 e. The molecule has 2 aromatic heterocycles. The van der Waals surface area contributed by atoms with Gasteiger partial charge >= 0.3 is 0 Å². The Morgan fingerprint density at radius 2 is 1.92 bits per heavy atom. The Morgan fingerprint density at radius 3 is 2.42 bits per heavy atom. The van der Waals surface area contributed by atoms with E-state index in [0.717, 1.165) is 8.68 Å². The van der Waals surface area contributed by atoms with Crippen molar-refractivity contribution in [2.45, 2.75) is 4.21 Å². The minimum atomic E-state index is 1.08. The molecule has 0 unspecified atom stereocenters. The molecule has 2 heterocycles. The van der Waals surface area contributed by atoms with Gasteiger partial charge in [0.2, 0.25) is 0 Å². The van der Waals surface area contributed by atoms with Gasteiger partial charge in [-0.15, -0.1) is 35.3 Å². The van der Waals surface area contributed by atoms with Gasteiger partial charge < -0.3 is 0 Å². The van der Waals surface area contributed by atoms with Crippen LogP contribution >= 0.6 is 51.2 Å². The first-order chi connectivity index (χ1) is 5.79. The molecule has 0 spiro atoms. The molecule has 0 aliphatic carbocycles. The van der Waals surface area contributed by atoms with Crippen LogP contribution in [0.1, 0.15) is 0 Å². The summed E-state index contributed by atoms with van der Waals surface area (Å²) in [5, 5.41) is 4.13. The zero-order chi connectivity index (χ0) is 8.55. The molecule has 0 radical (unpaired) electrons. The lowest BCUT2D eigenvalue weighted by Crippen LogP contribution is -1.67. The maximum Gasteiger partial charge on any atom is 0.0655 e. The zero-order valence-corrected chi connectivity index (χ0v) is 10.1. The summed E-state index contributed by atoms with van der Waals surface area (Å²) >= 11 is 11.3. The van der Waals surface area contributed by atoms with E-state index in [2.05, 4.69) is 51.5 Å². The molecular weight excluding hydrogens is 272 g/mol. The van der Waals surface area contributed by atoms with Crippen LogP contribution in [0.25, 0.3) is 10.4 Å². The fourth-order valence-corrected chi connectivity index (χ4v) is 3.72. The second-order valence-electron chi connectivity index (χ2n) is 2.24. The average Bonchev–Trinajstić information content (AvgIpc) is 2.59. The maximum atomic E-state index is 4.39. The highest BCUT2D eigenvalue weighted by molar-refractivity contribution is 9.10. The number of hydrogen-bond acceptors (Lipinski definition) is 3. The highest BCUT2D eigenvalue weighted by atomic mass is 79.9. The summed E-state index contributed by atoms with van der Waals surface area (Å²) in [5.41, 5.74) is 1.23. The molecular formula is C8H5BrS3. The largest absolute Gasteiger partial charge is 0.143 e. The van der Waals surface area contributed by atoms with Crippen LogP contribution in [0.5, 0.6) is 0 Å². The van der Waals surface area contributed by atoms with Gasteiger partial charge in [-0.2, -0.15) is 0 Å². The van der Waals surface area contributed by atoms with E-state index >= 15 is 0 Å². The maximum absolute atomic E-state index is 4.39. The van der Waals surface area contributed by atoms with Crippen LogP contribution in [0.15, 0.2) is 31.6 Å². The molecule has 0 saturated carbocycles. The molecule has 0 aliphatic heterocycles. The lowest BCUT2D eigenvalue weighted by Gasteiger charge is -1.94. The molecule has 0 N–H and O–H groups in total. The van der Waals surface area contributed by atoms with Gasteiger partial charge in [0.15, 0.2) is 0 Å². The van der Waals surface area contributed by atoms with Crippen molar-refractivity contribution in [3.63, 3.8) is 0 Å². The van der Waals surface area contributed by atoms with Gasteiger partial charge in [-0.05, 0) is 38.8 Å². The first-order valence-electron chi connectivity index (χ1n) is 3.29. The van der Waals surface area contributed by atoms with E-state index in [1.54, 1.807) is 22.7 Å². The fourth-order valence-electron chi connectivity index (χ4n) is 0.960. The summed E-state index contributed by atoms with van der Waals surface area (Å²) < 4.78 is 2.24. The number of thiol groups is 1. The lowest BCUT2D eigenvalue weighted by atomic mass is 10.3. The lowest BCUT2D eigenvalue weighted by molar-refractivity contribution is 1.70. The molecule has 0 aromatic carbocycles. The van der Waals surface area contributed by atoms with E-state index in [0.29, 0.717) is 0 Å². The van der Waals surface area contributed by atoms with Gasteiger partial charge in [0, 0.05) is 10.0 Å². The minimum absolute atomic E-state index is 1.08. The molecule has 0 saturated heterocycles. The van der Waals surface area contributed by atoms with Crippen LogP contribution in [0, 0.1) is 0 Å². The minimum Gasteiger partial charge on any atom is -0.143 e. The molecule has 0 bridgehead atoms. The van der Waals surface area contributed by atoms with E-state index in [4.69, 9.17) is 0 Å². The Bertz CT molecular complexity index is 350. The SMILES string of the molecule is Sc1sccc1-c1sccc1Br. The number of thiophene rings is 2. The monoisotopic (exact) mass is 276 g/mol. The topological polar surface area (TPSA) is 0 Å². The summed E-state index contributed by atoms with van der Waals surface area (Å²) in [6.45, 7) is 0. The van der Waals surface area contributed by atoms with Crippen molar-refractivity contribution in [1.29, 1.82) is 0 Å². The third kappa shape index (κ3) is 1.48. The van der Waals surface area contributed by atoms with Gasteiger partial charge in [-0.3, -0.25) is 0 Å². The van der Waals surface area contributed by atoms with Gasteiger partial charge in [0.1, 0.15) is 0 Å². The molecule has 12 heavy (non-hydrogen) atoms. The quantitative estimate of drug-likeness (QED) is 0.727. The summed E-state index contributed by atoms with van der Waals surface area (Å²) in [4.78, 5) is 1.27. The van der Waals surface area contributed by atoms with Crippen LogP contribution in [-0.4, -0.2) is 0 Å². The van der Waals surface area contributed by atoms with Crippen molar-refractivity contribution in [2.24, 2.45) is 0 Å². The zero-order valence-electron chi connectivity index (χ0n) is 5.95. The fraction of sp³-hybridized carbons (Fsp3) is 0. The van der Waals surface area contributed by atoms with Gasteiger partial charge in [0.05, 0.1) is 9.09 Å². The van der Waals surface area contributed by atoms with E-state index in [-0.39, 0.29) is 0 Å². The molecule has 0 nitrogen and oxygen atoms in total. The Balaban J connectivity index is 2.57. The van der Waals surface area contributed by atoms with Gasteiger partial charge in [-0.25, -0.2) is 0 Å². The normalized spacial score (nSPS) is 10.5. The standard InChI is InChI=1S/C8H5BrS3/c9-6-2-4-11-7(6)5-1-3-12-8(5)10/h1-4,10H. The Kier molecular flexibility index (Phi) is 2.60. The summed E-state index contributed by atoms with van der Waals surface area (Å²) in [5.74, 6) is 0. The highest BCUT2D eigenvalue weighted by Gasteiger charge is 2.08. The average molecular weight is 277 g/mol. The predicted octanol–water partition coefficient (Wildman–Crippen LogP) is 4.53. The first kappa shape index (κ1) is 8.81. The molecule has 2 aromatic rings. The molecule has 4 heteroatoms. The Labute approximate surface area is 92.8 Å².